The minimum Gasteiger partial charge on any atom is 0 e. The fraction of sp³-hybridized carbons (Fsp3) is 0.222. The van der Waals surface area contributed by atoms with Crippen LogP contribution < -0.4 is 4.40 Å². The van der Waals surface area contributed by atoms with Gasteiger partial charge in [-0.25, -0.2) is 4.98 Å². The van der Waals surface area contributed by atoms with Crippen molar-refractivity contribution in [3.05, 3.63) is 137 Å². The van der Waals surface area contributed by atoms with Crippen LogP contribution in [0.2, 0.25) is 17.3 Å². The van der Waals surface area contributed by atoms with E-state index in [-0.39, 0.29) is 20.1 Å². The van der Waals surface area contributed by atoms with Gasteiger partial charge in [-0.05, 0) is 63.1 Å². The standard InChI is InChI=1S/C28H22N3O.C17H22GeN.Ir/c1-16-14-17(2)25(18(3)15-16)31-24-11-6-5-10-23(24)30-27(31)22-9-7-8-20-21-13-12-19(4)29-28(21)32-26(20)22;1-13(2)15-11-17(14-9-7-6-8-10-14)19-12-16(15)18(3,4)5;/h5-8,10-15H,1-4H3;6-9,11-13H,1-5H3;/q2*-1;/i;13D;. The Morgan fingerprint density at radius 3 is 2.23 bits per heavy atom. The molecule has 8 aromatic rings. The number of fused-ring (bicyclic) bond motifs is 4. The van der Waals surface area contributed by atoms with Crippen molar-refractivity contribution in [2.24, 2.45) is 0 Å². The number of hydrogen-bond donors (Lipinski definition) is 0. The Kier molecular flexibility index (Phi) is 10.3. The van der Waals surface area contributed by atoms with Crippen LogP contribution >= 0.6 is 0 Å². The van der Waals surface area contributed by atoms with Gasteiger partial charge in [0.25, 0.3) is 0 Å². The van der Waals surface area contributed by atoms with E-state index in [0.29, 0.717) is 5.71 Å². The Hall–Kier alpha value is -4.36. The molecule has 0 N–H and O–H groups in total. The van der Waals surface area contributed by atoms with Gasteiger partial charge in [0, 0.05) is 36.9 Å². The Bertz CT molecular complexity index is 2570. The van der Waals surface area contributed by atoms with Crippen LogP contribution in [0.25, 0.3) is 61.4 Å². The van der Waals surface area contributed by atoms with Crippen LogP contribution in [-0.4, -0.2) is 32.8 Å². The molecule has 0 saturated heterocycles. The first-order valence-electron chi connectivity index (χ1n) is 18.0. The summed E-state index contributed by atoms with van der Waals surface area (Å²) in [6, 6.07) is 37.4. The van der Waals surface area contributed by atoms with Crippen molar-refractivity contribution in [3.8, 4) is 28.3 Å². The summed E-state index contributed by atoms with van der Waals surface area (Å²) >= 11 is -2.03. The van der Waals surface area contributed by atoms with Crippen LogP contribution in [0, 0.1) is 39.8 Å². The average molecular weight is 923 g/mol. The van der Waals surface area contributed by atoms with E-state index in [1.807, 2.05) is 75.5 Å². The SMILES string of the molecule is Cc1cc(C)c(-n2c(-c3[c-]ccc4c3oc3nc(C)ccc34)nc3ccccc32)c(C)c1.[2H]C(C)(C)c1cc(-c2[c-]cccc2)nc[c]1[Ge]([CH3])([CH3])[CH3].[Ir]. The molecule has 0 amide bonds. The van der Waals surface area contributed by atoms with Crippen molar-refractivity contribution in [2.45, 2.75) is 64.7 Å². The van der Waals surface area contributed by atoms with Crippen LogP contribution in [0.15, 0.2) is 102 Å². The molecular formula is C45H44GeIrN4O-2. The maximum absolute atomic E-state index is 8.44. The molecule has 7 heteroatoms. The Morgan fingerprint density at radius 2 is 1.54 bits per heavy atom. The predicted octanol–water partition coefficient (Wildman–Crippen LogP) is 11.2. The number of furan rings is 1. The molecule has 265 valence electrons. The molecule has 0 atom stereocenters. The first kappa shape index (κ1) is 36.0. The number of rotatable bonds is 5. The summed E-state index contributed by atoms with van der Waals surface area (Å²) in [5.41, 5.74) is 13.0. The molecule has 0 aliphatic rings. The number of benzene rings is 4. The van der Waals surface area contributed by atoms with Crippen molar-refractivity contribution < 1.29 is 25.9 Å². The fourth-order valence-electron chi connectivity index (χ4n) is 6.99. The normalized spacial score (nSPS) is 12.1. The molecule has 4 aromatic heterocycles. The molecule has 0 aliphatic heterocycles. The summed E-state index contributed by atoms with van der Waals surface area (Å²) in [5, 5.41) is 2.03. The van der Waals surface area contributed by atoms with E-state index in [0.717, 1.165) is 67.0 Å². The summed E-state index contributed by atoms with van der Waals surface area (Å²) < 4.78 is 18.3. The molecule has 0 saturated carbocycles. The molecule has 0 bridgehead atoms. The largest absolute Gasteiger partial charge is 0 e. The Labute approximate surface area is 324 Å². The number of aromatic nitrogens is 4. The van der Waals surface area contributed by atoms with Crippen molar-refractivity contribution in [3.63, 3.8) is 0 Å². The third kappa shape index (κ3) is 7.17. The molecule has 0 aliphatic carbocycles. The maximum Gasteiger partial charge on any atom is 0 e. The van der Waals surface area contributed by atoms with Crippen molar-refractivity contribution in [1.29, 1.82) is 0 Å². The van der Waals surface area contributed by atoms with E-state index in [1.165, 1.54) is 21.1 Å². The zero-order valence-electron chi connectivity index (χ0n) is 32.3. The van der Waals surface area contributed by atoms with Gasteiger partial charge in [-0.1, -0.05) is 40.8 Å². The van der Waals surface area contributed by atoms with Gasteiger partial charge < -0.3 is 8.98 Å². The topological polar surface area (TPSA) is 56.7 Å². The third-order valence-electron chi connectivity index (χ3n) is 9.32. The summed E-state index contributed by atoms with van der Waals surface area (Å²) in [6.45, 7) is 12.3. The van der Waals surface area contributed by atoms with Gasteiger partial charge in [-0.2, -0.15) is 0 Å². The van der Waals surface area contributed by atoms with Gasteiger partial charge in [-0.3, -0.25) is 4.98 Å². The van der Waals surface area contributed by atoms with Gasteiger partial charge in [-0.15, -0.1) is 18.2 Å². The molecule has 4 heterocycles. The van der Waals surface area contributed by atoms with Crippen LogP contribution in [-0.2, 0) is 20.1 Å². The van der Waals surface area contributed by atoms with Crippen LogP contribution in [0.5, 0.6) is 0 Å². The molecule has 0 fully saturated rings. The van der Waals surface area contributed by atoms with Gasteiger partial charge in [0.1, 0.15) is 0 Å². The molecule has 0 spiro atoms. The predicted molar refractivity (Wildman–Crippen MR) is 215 cm³/mol. The van der Waals surface area contributed by atoms with E-state index in [2.05, 4.69) is 107 Å². The molecule has 0 unspecified atom stereocenters. The molecular weight excluding hydrogens is 877 g/mol. The maximum atomic E-state index is 8.44. The third-order valence-corrected chi connectivity index (χ3v) is 13.5. The number of nitrogens with zero attached hydrogens (tertiary/aromatic N) is 4. The van der Waals surface area contributed by atoms with Crippen molar-refractivity contribution in [1.82, 2.24) is 19.5 Å². The fourth-order valence-corrected chi connectivity index (χ4v) is 10.3. The Balaban J connectivity index is 0.000000199. The average Bonchev–Trinajstić information content (AvgIpc) is 3.66. The van der Waals surface area contributed by atoms with Gasteiger partial charge >= 0.3 is 120 Å². The number of hydrogen-bond acceptors (Lipinski definition) is 4. The molecule has 4 aromatic carbocycles. The van der Waals surface area contributed by atoms with Crippen LogP contribution in [0.4, 0.5) is 0 Å². The number of pyridine rings is 2. The van der Waals surface area contributed by atoms with Crippen LogP contribution in [0.1, 0.15) is 49.1 Å². The van der Waals surface area contributed by atoms with Crippen molar-refractivity contribution >= 4 is 50.8 Å². The monoisotopic (exact) mass is 924 g/mol. The zero-order valence-corrected chi connectivity index (χ0v) is 35.8. The zero-order chi connectivity index (χ0) is 36.9. The molecule has 8 rings (SSSR count). The van der Waals surface area contributed by atoms with E-state index in [9.17, 15) is 0 Å². The van der Waals surface area contributed by atoms with Gasteiger partial charge in [0.2, 0.25) is 5.71 Å². The van der Waals surface area contributed by atoms with Crippen LogP contribution in [0.3, 0.4) is 0 Å². The summed E-state index contributed by atoms with van der Waals surface area (Å²) in [7, 11) is 0. The Morgan fingerprint density at radius 1 is 0.808 bits per heavy atom. The minimum absolute atomic E-state index is 0. The smallest absolute Gasteiger partial charge is 0 e. The second kappa shape index (κ2) is 14.9. The second-order valence-corrected chi connectivity index (χ2v) is 25.2. The quantitative estimate of drug-likeness (QED) is 0.127. The molecule has 1 radical (unpaired) electrons. The van der Waals surface area contributed by atoms with Crippen molar-refractivity contribution in [2.75, 3.05) is 0 Å². The summed E-state index contributed by atoms with van der Waals surface area (Å²) in [4.78, 5) is 14.3. The first-order valence-corrected chi connectivity index (χ1v) is 24.8. The number of para-hydroxylation sites is 2. The van der Waals surface area contributed by atoms with E-state index in [1.54, 1.807) is 0 Å². The number of imidazole rings is 1. The summed E-state index contributed by atoms with van der Waals surface area (Å²) in [6.07, 6.45) is 2.00. The van der Waals surface area contributed by atoms with Gasteiger partial charge in [0.15, 0.2) is 0 Å². The second-order valence-electron chi connectivity index (χ2n) is 14.7. The van der Waals surface area contributed by atoms with E-state index >= 15 is 0 Å². The minimum atomic E-state index is -2.03. The number of aryl methyl sites for hydroxylation is 4. The van der Waals surface area contributed by atoms with E-state index < -0.39 is 19.2 Å². The summed E-state index contributed by atoms with van der Waals surface area (Å²) in [5.74, 6) is 7.27. The molecule has 52 heavy (non-hydrogen) atoms. The first-order chi connectivity index (χ1) is 24.7. The van der Waals surface area contributed by atoms with E-state index in [4.69, 9.17) is 10.8 Å². The van der Waals surface area contributed by atoms with Gasteiger partial charge in [0.05, 0.1) is 22.4 Å². The molecule has 5 nitrogen and oxygen atoms in total.